The van der Waals surface area contributed by atoms with Gasteiger partial charge < -0.3 is 0 Å². The Morgan fingerprint density at radius 3 is 1.44 bits per heavy atom. The highest BCUT2D eigenvalue weighted by molar-refractivity contribution is 5.81. The number of unbranched alkanes of at least 4 members (excludes halogenated alkanes) is 3. The summed E-state index contributed by atoms with van der Waals surface area (Å²) >= 11 is 0. The second-order valence-electron chi connectivity index (χ2n) is 9.42. The summed E-state index contributed by atoms with van der Waals surface area (Å²) in [5.74, 6) is 0.580. The van der Waals surface area contributed by atoms with Gasteiger partial charge in [0.1, 0.15) is 11.6 Å². The van der Waals surface area contributed by atoms with Gasteiger partial charge in [0.25, 0.3) is 0 Å². The highest BCUT2D eigenvalue weighted by atomic mass is 16.1. The number of rotatable bonds is 13. The van der Waals surface area contributed by atoms with Gasteiger partial charge in [-0.3, -0.25) is 9.59 Å². The molecule has 1 rings (SSSR count). The molecule has 2 heteroatoms. The minimum atomic E-state index is -0.187. The number of ketones is 2. The van der Waals surface area contributed by atoms with Crippen molar-refractivity contribution in [2.45, 2.75) is 99.3 Å². The maximum Gasteiger partial charge on any atom is 0.135 e. The van der Waals surface area contributed by atoms with Crippen LogP contribution in [-0.4, -0.2) is 11.6 Å². The molecule has 0 amide bonds. The van der Waals surface area contributed by atoms with E-state index in [1.165, 1.54) is 24.0 Å². The van der Waals surface area contributed by atoms with Crippen molar-refractivity contribution in [3.8, 4) is 0 Å². The lowest BCUT2D eigenvalue weighted by atomic mass is 9.83. The lowest BCUT2D eigenvalue weighted by Gasteiger charge is -2.21. The average molecular weight is 373 g/mol. The van der Waals surface area contributed by atoms with Gasteiger partial charge in [-0.2, -0.15) is 0 Å². The zero-order valence-electron chi connectivity index (χ0n) is 18.5. The molecule has 27 heavy (non-hydrogen) atoms. The van der Waals surface area contributed by atoms with Crippen molar-refractivity contribution in [1.82, 2.24) is 0 Å². The van der Waals surface area contributed by atoms with E-state index in [2.05, 4.69) is 52.0 Å². The molecule has 1 aromatic carbocycles. The predicted octanol–water partition coefficient (Wildman–Crippen LogP) is 6.73. The first-order valence-corrected chi connectivity index (χ1v) is 10.6. The van der Waals surface area contributed by atoms with E-state index in [-0.39, 0.29) is 16.6 Å². The summed E-state index contributed by atoms with van der Waals surface area (Å²) in [5.41, 5.74) is 2.56. The predicted molar refractivity (Wildman–Crippen MR) is 115 cm³/mol. The smallest absolute Gasteiger partial charge is 0.135 e. The van der Waals surface area contributed by atoms with Gasteiger partial charge in [0, 0.05) is 10.8 Å². The lowest BCUT2D eigenvalue weighted by molar-refractivity contribution is -0.125. The Morgan fingerprint density at radius 1 is 0.667 bits per heavy atom. The van der Waals surface area contributed by atoms with Crippen LogP contribution in [0.4, 0.5) is 0 Å². The molecule has 1 aromatic rings. The van der Waals surface area contributed by atoms with Gasteiger partial charge >= 0.3 is 0 Å². The molecular weight excluding hydrogens is 332 g/mol. The standard InChI is InChI=1S/C25H40O2/c1-20(26)24(3,4)18-12-7-8-14-22-15-9-10-16-23(22)17-11-13-19-25(5,6)21(2)27/h9-10,15-16H,7-8,11-14,17-19H2,1-6H3. The van der Waals surface area contributed by atoms with Gasteiger partial charge in [0.2, 0.25) is 0 Å². The summed E-state index contributed by atoms with van der Waals surface area (Å²) in [4.78, 5) is 23.2. The minimum Gasteiger partial charge on any atom is -0.299 e. The zero-order valence-corrected chi connectivity index (χ0v) is 18.5. The second kappa shape index (κ2) is 10.8. The van der Waals surface area contributed by atoms with Crippen LogP contribution >= 0.6 is 0 Å². The Labute approximate surface area is 167 Å². The first kappa shape index (κ1) is 23.6. The van der Waals surface area contributed by atoms with Gasteiger partial charge in [-0.15, -0.1) is 0 Å². The highest BCUT2D eigenvalue weighted by Crippen LogP contribution is 2.26. The topological polar surface area (TPSA) is 34.1 Å². The molecule has 0 atom stereocenters. The molecule has 0 spiro atoms. The number of hydrogen-bond acceptors (Lipinski definition) is 2. The maximum absolute atomic E-state index is 11.6. The number of carbonyl (C=O) groups excluding carboxylic acids is 2. The molecule has 0 bridgehead atoms. The van der Waals surface area contributed by atoms with Crippen LogP contribution in [-0.2, 0) is 22.4 Å². The van der Waals surface area contributed by atoms with E-state index in [0.29, 0.717) is 5.78 Å². The van der Waals surface area contributed by atoms with Crippen LogP contribution in [0.3, 0.4) is 0 Å². The fourth-order valence-corrected chi connectivity index (χ4v) is 3.34. The quantitative estimate of drug-likeness (QED) is 0.360. The monoisotopic (exact) mass is 372 g/mol. The van der Waals surface area contributed by atoms with E-state index in [1.807, 2.05) is 0 Å². The van der Waals surface area contributed by atoms with Crippen LogP contribution in [0.2, 0.25) is 0 Å². The zero-order chi connectivity index (χ0) is 20.5. The van der Waals surface area contributed by atoms with Crippen molar-refractivity contribution >= 4 is 11.6 Å². The lowest BCUT2D eigenvalue weighted by Crippen LogP contribution is -2.21. The van der Waals surface area contributed by atoms with Crippen molar-refractivity contribution in [2.75, 3.05) is 0 Å². The molecule has 0 aliphatic rings. The molecule has 0 fully saturated rings. The molecule has 152 valence electrons. The Hall–Kier alpha value is -1.44. The van der Waals surface area contributed by atoms with E-state index in [4.69, 9.17) is 0 Å². The van der Waals surface area contributed by atoms with Crippen molar-refractivity contribution in [2.24, 2.45) is 10.8 Å². The van der Waals surface area contributed by atoms with Crippen LogP contribution in [0.5, 0.6) is 0 Å². The minimum absolute atomic E-state index is 0.175. The van der Waals surface area contributed by atoms with Gasteiger partial charge in [0.05, 0.1) is 0 Å². The van der Waals surface area contributed by atoms with E-state index in [9.17, 15) is 9.59 Å². The Morgan fingerprint density at radius 2 is 1.04 bits per heavy atom. The Balaban J connectivity index is 2.39. The molecule has 0 saturated carbocycles. The summed E-state index contributed by atoms with van der Waals surface area (Å²) in [7, 11) is 0. The molecule has 0 radical (unpaired) electrons. The van der Waals surface area contributed by atoms with Gasteiger partial charge in [0.15, 0.2) is 0 Å². The first-order valence-electron chi connectivity index (χ1n) is 10.6. The number of hydrogen-bond donors (Lipinski definition) is 0. The van der Waals surface area contributed by atoms with Crippen molar-refractivity contribution in [3.05, 3.63) is 35.4 Å². The van der Waals surface area contributed by atoms with Crippen LogP contribution in [0.15, 0.2) is 24.3 Å². The van der Waals surface area contributed by atoms with Crippen molar-refractivity contribution in [3.63, 3.8) is 0 Å². The molecule has 0 aliphatic heterocycles. The summed E-state index contributed by atoms with van der Waals surface area (Å²) in [6, 6.07) is 8.78. The molecule has 0 aromatic heterocycles. The number of Topliss-reactive ketones (excluding diaryl/α,β-unsaturated/α-hetero) is 2. The molecule has 0 unspecified atom stereocenters. The van der Waals surface area contributed by atoms with E-state index in [1.54, 1.807) is 13.8 Å². The van der Waals surface area contributed by atoms with E-state index < -0.39 is 0 Å². The number of benzene rings is 1. The fourth-order valence-electron chi connectivity index (χ4n) is 3.34. The third-order valence-corrected chi connectivity index (χ3v) is 6.27. The molecule has 0 aliphatic carbocycles. The largest absolute Gasteiger partial charge is 0.299 e. The third-order valence-electron chi connectivity index (χ3n) is 6.27. The van der Waals surface area contributed by atoms with E-state index in [0.717, 1.165) is 44.9 Å². The van der Waals surface area contributed by atoms with Crippen LogP contribution < -0.4 is 0 Å². The van der Waals surface area contributed by atoms with Gasteiger partial charge in [-0.25, -0.2) is 0 Å². The molecular formula is C25H40O2. The van der Waals surface area contributed by atoms with Crippen LogP contribution in [0, 0.1) is 10.8 Å². The van der Waals surface area contributed by atoms with Crippen LogP contribution in [0.25, 0.3) is 0 Å². The van der Waals surface area contributed by atoms with E-state index >= 15 is 0 Å². The third kappa shape index (κ3) is 8.41. The first-order chi connectivity index (χ1) is 12.6. The maximum atomic E-state index is 11.6. The highest BCUT2D eigenvalue weighted by Gasteiger charge is 2.23. The summed E-state index contributed by atoms with van der Waals surface area (Å²) in [6.07, 6.45) is 9.89. The summed E-state index contributed by atoms with van der Waals surface area (Å²) in [5, 5.41) is 0. The average Bonchev–Trinajstić information content (AvgIpc) is 2.59. The van der Waals surface area contributed by atoms with Crippen molar-refractivity contribution < 1.29 is 9.59 Å². The normalized spacial score (nSPS) is 12.2. The molecule has 0 heterocycles. The molecule has 0 saturated heterocycles. The Kier molecular flexibility index (Phi) is 9.42. The van der Waals surface area contributed by atoms with Crippen LogP contribution in [0.1, 0.15) is 97.6 Å². The number of carbonyl (C=O) groups is 2. The summed E-state index contributed by atoms with van der Waals surface area (Å²) < 4.78 is 0. The molecule has 0 N–H and O–H groups in total. The van der Waals surface area contributed by atoms with Gasteiger partial charge in [-0.1, -0.05) is 71.2 Å². The summed E-state index contributed by atoms with van der Waals surface area (Å²) in [6.45, 7) is 11.6. The Bertz CT molecular complexity index is 611. The number of aryl methyl sites for hydroxylation is 2. The SMILES string of the molecule is CC(=O)C(C)(C)CCCCCc1ccccc1CCCCC(C)(C)C(C)=O. The van der Waals surface area contributed by atoms with Crippen molar-refractivity contribution in [1.29, 1.82) is 0 Å². The molecule has 2 nitrogen and oxygen atoms in total. The fraction of sp³-hybridized carbons (Fsp3) is 0.680. The second-order valence-corrected chi connectivity index (χ2v) is 9.42. The van der Waals surface area contributed by atoms with Gasteiger partial charge in [-0.05, 0) is 63.5 Å².